The predicted octanol–water partition coefficient (Wildman–Crippen LogP) is 4.38. The van der Waals surface area contributed by atoms with E-state index >= 15 is 0 Å². The molecule has 4 rings (SSSR count). The average Bonchev–Trinajstić information content (AvgIpc) is 3.20. The van der Waals surface area contributed by atoms with E-state index in [1.165, 1.54) is 6.92 Å². The van der Waals surface area contributed by atoms with Gasteiger partial charge in [0.2, 0.25) is 0 Å². The second-order valence-electron chi connectivity index (χ2n) is 9.17. The molecule has 2 fully saturated rings. The molecule has 0 bridgehead atoms. The van der Waals surface area contributed by atoms with Crippen molar-refractivity contribution in [2.75, 3.05) is 11.9 Å². The largest absolute Gasteiger partial charge is 0.408 e. The zero-order chi connectivity index (χ0) is 27.1. The van der Waals surface area contributed by atoms with E-state index in [0.29, 0.717) is 24.3 Å². The van der Waals surface area contributed by atoms with E-state index in [0.717, 1.165) is 25.1 Å². The third kappa shape index (κ3) is 5.84. The molecule has 0 radical (unpaired) electrons. The Balaban J connectivity index is 1.75. The van der Waals surface area contributed by atoms with Crippen LogP contribution in [0.4, 0.5) is 27.8 Å². The van der Waals surface area contributed by atoms with Crippen LogP contribution in [0, 0.1) is 0 Å². The normalized spacial score (nSPS) is 22.3. The number of nitrogens with one attached hydrogen (secondary N) is 2. The SMILES string of the molecule is CC[C@H](Nc1cc(C(F)F)c(-c2sc(C(=O)N[C@@H]3C[C@@H]3O)nc2C(=O)N2CCC[C@@H]2C)cn1)C(F)(F)F. The first-order chi connectivity index (χ1) is 17.4. The van der Waals surface area contributed by atoms with Crippen LogP contribution in [0.1, 0.15) is 71.8 Å². The van der Waals surface area contributed by atoms with Gasteiger partial charge in [0.05, 0.1) is 17.0 Å². The third-order valence-corrected chi connectivity index (χ3v) is 7.54. The summed E-state index contributed by atoms with van der Waals surface area (Å²) in [6.07, 6.45) is -5.91. The fraction of sp³-hybridized carbons (Fsp3) is 0.565. The number of pyridine rings is 1. The molecule has 1 saturated heterocycles. The van der Waals surface area contributed by atoms with Crippen LogP contribution in [0.2, 0.25) is 0 Å². The van der Waals surface area contributed by atoms with Crippen molar-refractivity contribution in [1.29, 1.82) is 0 Å². The number of alkyl halides is 5. The molecule has 1 saturated carbocycles. The maximum Gasteiger partial charge on any atom is 0.408 e. The molecular formula is C23H26F5N5O3S. The number of anilines is 1. The molecule has 8 nitrogen and oxygen atoms in total. The highest BCUT2D eigenvalue weighted by Gasteiger charge is 2.40. The molecule has 2 aromatic rings. The topological polar surface area (TPSA) is 107 Å². The van der Waals surface area contributed by atoms with Crippen LogP contribution in [-0.2, 0) is 0 Å². The molecule has 14 heteroatoms. The highest BCUT2D eigenvalue weighted by Crippen LogP contribution is 2.39. The van der Waals surface area contributed by atoms with Gasteiger partial charge in [-0.25, -0.2) is 18.7 Å². The highest BCUT2D eigenvalue weighted by molar-refractivity contribution is 7.17. The third-order valence-electron chi connectivity index (χ3n) is 6.45. The van der Waals surface area contributed by atoms with Crippen LogP contribution in [-0.4, -0.2) is 68.7 Å². The Bertz CT molecular complexity index is 1170. The van der Waals surface area contributed by atoms with E-state index in [2.05, 4.69) is 20.6 Å². The maximum absolute atomic E-state index is 14.1. The standard InChI is InChI=1S/C23H26F5N5O3S/c1-3-15(23(26,27)28)31-16-7-11(19(24)25)12(9-29-16)18-17(22(36)33-6-4-5-10(33)2)32-21(37-18)20(35)30-13-8-14(13)34/h7,9-10,13-15,19,34H,3-6,8H2,1-2H3,(H,29,31)(H,30,35)/t10-,13+,14-,15-/m0/s1. The van der Waals surface area contributed by atoms with Crippen LogP contribution in [0.25, 0.3) is 10.4 Å². The smallest absolute Gasteiger partial charge is 0.391 e. The molecule has 202 valence electrons. The second-order valence-corrected chi connectivity index (χ2v) is 10.2. The van der Waals surface area contributed by atoms with Crippen LogP contribution < -0.4 is 10.6 Å². The van der Waals surface area contributed by atoms with Crippen molar-refractivity contribution in [3.05, 3.63) is 28.5 Å². The van der Waals surface area contributed by atoms with Gasteiger partial charge >= 0.3 is 6.18 Å². The number of likely N-dealkylation sites (tertiary alicyclic amines) is 1. The quantitative estimate of drug-likeness (QED) is 0.424. The number of aliphatic hydroxyl groups excluding tert-OH is 1. The molecular weight excluding hydrogens is 521 g/mol. The van der Waals surface area contributed by atoms with E-state index in [9.17, 15) is 36.6 Å². The Hall–Kier alpha value is -2.87. The molecule has 0 unspecified atom stereocenters. The first-order valence-corrected chi connectivity index (χ1v) is 12.6. The Morgan fingerprint density at radius 3 is 2.57 bits per heavy atom. The van der Waals surface area contributed by atoms with Crippen LogP contribution in [0.15, 0.2) is 12.3 Å². The van der Waals surface area contributed by atoms with Crippen molar-refractivity contribution in [1.82, 2.24) is 20.2 Å². The molecule has 3 N–H and O–H groups in total. The van der Waals surface area contributed by atoms with Gasteiger partial charge in [-0.3, -0.25) is 9.59 Å². The molecule has 1 aliphatic carbocycles. The molecule has 2 amide bonds. The highest BCUT2D eigenvalue weighted by atomic mass is 32.1. The lowest BCUT2D eigenvalue weighted by atomic mass is 10.1. The summed E-state index contributed by atoms with van der Waals surface area (Å²) in [4.78, 5) is 35.7. The van der Waals surface area contributed by atoms with Gasteiger partial charge in [0, 0.05) is 29.9 Å². The minimum Gasteiger partial charge on any atom is -0.391 e. The summed E-state index contributed by atoms with van der Waals surface area (Å²) in [6.45, 7) is 3.58. The zero-order valence-corrected chi connectivity index (χ0v) is 20.8. The Morgan fingerprint density at radius 2 is 2.03 bits per heavy atom. The number of hydrogen-bond acceptors (Lipinski definition) is 7. The summed E-state index contributed by atoms with van der Waals surface area (Å²) in [6, 6.07) is -1.74. The molecule has 2 aromatic heterocycles. The summed E-state index contributed by atoms with van der Waals surface area (Å²) >= 11 is 0.714. The number of aliphatic hydroxyl groups is 1. The number of carbonyl (C=O) groups excluding carboxylic acids is 2. The van der Waals surface area contributed by atoms with Crippen molar-refractivity contribution < 1.29 is 36.6 Å². The molecule has 0 spiro atoms. The lowest BCUT2D eigenvalue weighted by Crippen LogP contribution is -2.35. The van der Waals surface area contributed by atoms with Gasteiger partial charge in [-0.15, -0.1) is 11.3 Å². The lowest BCUT2D eigenvalue weighted by molar-refractivity contribution is -0.142. The zero-order valence-electron chi connectivity index (χ0n) is 20.0. The molecule has 0 aromatic carbocycles. The molecule has 4 atom stereocenters. The monoisotopic (exact) mass is 547 g/mol. The van der Waals surface area contributed by atoms with E-state index < -0.39 is 54.0 Å². The molecule has 1 aliphatic heterocycles. The summed E-state index contributed by atoms with van der Waals surface area (Å²) in [5.74, 6) is -1.59. The minimum absolute atomic E-state index is 0.0252. The van der Waals surface area contributed by atoms with Crippen LogP contribution in [0.3, 0.4) is 0 Å². The van der Waals surface area contributed by atoms with Crippen molar-refractivity contribution in [3.8, 4) is 10.4 Å². The Kier molecular flexibility index (Phi) is 7.70. The summed E-state index contributed by atoms with van der Waals surface area (Å²) in [7, 11) is 0. The molecule has 3 heterocycles. The van der Waals surface area contributed by atoms with Gasteiger partial charge in [-0.1, -0.05) is 6.92 Å². The number of hydrogen-bond donors (Lipinski definition) is 3. The van der Waals surface area contributed by atoms with E-state index in [1.807, 2.05) is 6.92 Å². The minimum atomic E-state index is -4.61. The van der Waals surface area contributed by atoms with E-state index in [-0.39, 0.29) is 33.6 Å². The van der Waals surface area contributed by atoms with Gasteiger partial charge in [0.15, 0.2) is 5.01 Å². The first-order valence-electron chi connectivity index (χ1n) is 11.8. The Labute approximate surface area is 213 Å². The van der Waals surface area contributed by atoms with Crippen molar-refractivity contribution in [2.45, 2.75) is 76.4 Å². The predicted molar refractivity (Wildman–Crippen MR) is 126 cm³/mol. The number of aromatic nitrogens is 2. The second kappa shape index (κ2) is 10.5. The average molecular weight is 548 g/mol. The lowest BCUT2D eigenvalue weighted by Gasteiger charge is -2.22. The maximum atomic E-state index is 14.1. The van der Waals surface area contributed by atoms with E-state index in [4.69, 9.17) is 0 Å². The van der Waals surface area contributed by atoms with Gasteiger partial charge in [0.25, 0.3) is 18.2 Å². The first kappa shape index (κ1) is 27.2. The van der Waals surface area contributed by atoms with Crippen molar-refractivity contribution >= 4 is 29.0 Å². The van der Waals surface area contributed by atoms with E-state index in [1.54, 1.807) is 4.90 Å². The Morgan fingerprint density at radius 1 is 1.32 bits per heavy atom. The fourth-order valence-electron chi connectivity index (χ4n) is 4.20. The number of rotatable bonds is 8. The van der Waals surface area contributed by atoms with Gasteiger partial charge in [-0.05, 0) is 38.7 Å². The van der Waals surface area contributed by atoms with Crippen molar-refractivity contribution in [2.24, 2.45) is 0 Å². The number of halogens is 5. The van der Waals surface area contributed by atoms with Gasteiger partial charge in [-0.2, -0.15) is 13.2 Å². The number of nitrogens with zero attached hydrogens (tertiary/aromatic N) is 3. The van der Waals surface area contributed by atoms with Crippen LogP contribution >= 0.6 is 11.3 Å². The molecule has 2 aliphatic rings. The molecule has 37 heavy (non-hydrogen) atoms. The van der Waals surface area contributed by atoms with Gasteiger partial charge < -0.3 is 20.6 Å². The summed E-state index contributed by atoms with van der Waals surface area (Å²) < 4.78 is 67.8. The number of thiazole rings is 1. The number of amides is 2. The number of carbonyl (C=O) groups is 2. The van der Waals surface area contributed by atoms with Crippen molar-refractivity contribution in [3.63, 3.8) is 0 Å². The fourth-order valence-corrected chi connectivity index (χ4v) is 5.19. The van der Waals surface area contributed by atoms with Crippen LogP contribution in [0.5, 0.6) is 0 Å². The summed E-state index contributed by atoms with van der Waals surface area (Å²) in [5.41, 5.74) is -1.04. The van der Waals surface area contributed by atoms with Gasteiger partial charge in [0.1, 0.15) is 17.6 Å². The summed E-state index contributed by atoms with van der Waals surface area (Å²) in [5, 5.41) is 14.1.